The number of nitrogens with one attached hydrogen (secondary N) is 1. The highest BCUT2D eigenvalue weighted by Crippen LogP contribution is 2.35. The van der Waals surface area contributed by atoms with Gasteiger partial charge in [0.1, 0.15) is 0 Å². The van der Waals surface area contributed by atoms with Crippen LogP contribution in [-0.4, -0.2) is 48.1 Å². The Labute approximate surface area is 117 Å². The van der Waals surface area contributed by atoms with E-state index in [4.69, 9.17) is 0 Å². The summed E-state index contributed by atoms with van der Waals surface area (Å²) in [5.41, 5.74) is 0. The third kappa shape index (κ3) is 3.88. The number of hydrogen-bond donors (Lipinski definition) is 1. The average Bonchev–Trinajstić information content (AvgIpc) is 3.19. The molecule has 2 fully saturated rings. The van der Waals surface area contributed by atoms with Crippen LogP contribution in [0.1, 0.15) is 40.0 Å². The first kappa shape index (κ1) is 14.7. The lowest BCUT2D eigenvalue weighted by atomic mass is 9.96. The summed E-state index contributed by atoms with van der Waals surface area (Å²) in [5, 5.41) is 4.60. The van der Waals surface area contributed by atoms with Gasteiger partial charge in [0.2, 0.25) is 0 Å². The van der Waals surface area contributed by atoms with E-state index in [0.717, 1.165) is 29.2 Å². The Balaban J connectivity index is 1.87. The van der Waals surface area contributed by atoms with Gasteiger partial charge in [0.25, 0.3) is 0 Å². The van der Waals surface area contributed by atoms with Crippen molar-refractivity contribution in [2.75, 3.05) is 25.9 Å². The van der Waals surface area contributed by atoms with Gasteiger partial charge in [-0.05, 0) is 43.9 Å². The van der Waals surface area contributed by atoms with Crippen LogP contribution in [0.25, 0.3) is 0 Å². The molecule has 3 unspecified atom stereocenters. The molecule has 1 saturated heterocycles. The lowest BCUT2D eigenvalue weighted by Crippen LogP contribution is -2.59. The van der Waals surface area contributed by atoms with E-state index in [9.17, 15) is 0 Å². The van der Waals surface area contributed by atoms with Crippen molar-refractivity contribution in [1.82, 2.24) is 10.2 Å². The monoisotopic (exact) mass is 270 g/mol. The zero-order chi connectivity index (χ0) is 13.1. The Bertz CT molecular complexity index is 253. The van der Waals surface area contributed by atoms with Crippen LogP contribution < -0.4 is 5.32 Å². The van der Waals surface area contributed by atoms with Gasteiger partial charge < -0.3 is 5.32 Å². The molecule has 1 N–H and O–H groups in total. The van der Waals surface area contributed by atoms with Crippen LogP contribution in [0.15, 0.2) is 0 Å². The zero-order valence-electron chi connectivity index (χ0n) is 12.5. The smallest absolute Gasteiger partial charge is 0.0244 e. The predicted octanol–water partition coefficient (Wildman–Crippen LogP) is 2.84. The molecule has 18 heavy (non-hydrogen) atoms. The van der Waals surface area contributed by atoms with Crippen LogP contribution in [0, 0.1) is 11.8 Å². The highest BCUT2D eigenvalue weighted by molar-refractivity contribution is 7.99. The van der Waals surface area contributed by atoms with Crippen molar-refractivity contribution in [3.05, 3.63) is 0 Å². The topological polar surface area (TPSA) is 15.3 Å². The summed E-state index contributed by atoms with van der Waals surface area (Å²) in [6, 6.07) is 1.53. The third-order valence-corrected chi connectivity index (χ3v) is 5.72. The van der Waals surface area contributed by atoms with Crippen molar-refractivity contribution in [3.63, 3.8) is 0 Å². The molecule has 3 atom stereocenters. The second-order valence-corrected chi connectivity index (χ2v) is 7.77. The van der Waals surface area contributed by atoms with Crippen molar-refractivity contribution >= 4 is 11.8 Å². The third-order valence-electron chi connectivity index (χ3n) is 4.68. The molecule has 3 heteroatoms. The minimum absolute atomic E-state index is 0.744. The number of rotatable bonds is 6. The van der Waals surface area contributed by atoms with E-state index in [-0.39, 0.29) is 0 Å². The molecule has 0 aromatic heterocycles. The van der Waals surface area contributed by atoms with Crippen molar-refractivity contribution < 1.29 is 0 Å². The maximum atomic E-state index is 3.80. The van der Waals surface area contributed by atoms with E-state index in [1.54, 1.807) is 0 Å². The van der Waals surface area contributed by atoms with Gasteiger partial charge in [-0.2, -0.15) is 11.8 Å². The molecular weight excluding hydrogens is 240 g/mol. The van der Waals surface area contributed by atoms with Crippen molar-refractivity contribution in [3.8, 4) is 0 Å². The van der Waals surface area contributed by atoms with Gasteiger partial charge in [-0.15, -0.1) is 0 Å². The largest absolute Gasteiger partial charge is 0.311 e. The first-order chi connectivity index (χ1) is 8.61. The van der Waals surface area contributed by atoms with E-state index in [0.29, 0.717) is 0 Å². The highest BCUT2D eigenvalue weighted by Gasteiger charge is 2.37. The first-order valence-electron chi connectivity index (χ1n) is 7.62. The maximum absolute atomic E-state index is 3.80. The van der Waals surface area contributed by atoms with Crippen LogP contribution in [0.3, 0.4) is 0 Å². The Hall–Kier alpha value is 0.270. The van der Waals surface area contributed by atoms with Crippen LogP contribution in [0.5, 0.6) is 0 Å². The quantitative estimate of drug-likeness (QED) is 0.799. The standard InChI is InChI=1S/C15H30N2S/c1-11(2)15-9-16-14(13-5-6-13)10-17(15)8-7-12(3)18-4/h11-16H,5-10H2,1-4H3. The van der Waals surface area contributed by atoms with E-state index in [1.165, 1.54) is 38.9 Å². The summed E-state index contributed by atoms with van der Waals surface area (Å²) in [6.45, 7) is 10.9. The van der Waals surface area contributed by atoms with Crippen LogP contribution in [0.2, 0.25) is 0 Å². The number of piperazine rings is 1. The fourth-order valence-electron chi connectivity index (χ4n) is 3.05. The van der Waals surface area contributed by atoms with Crippen LogP contribution in [-0.2, 0) is 0 Å². The normalized spacial score (nSPS) is 31.8. The minimum Gasteiger partial charge on any atom is -0.311 e. The summed E-state index contributed by atoms with van der Waals surface area (Å²) < 4.78 is 0. The lowest BCUT2D eigenvalue weighted by molar-refractivity contribution is 0.0913. The van der Waals surface area contributed by atoms with Crippen molar-refractivity contribution in [2.45, 2.75) is 57.4 Å². The maximum Gasteiger partial charge on any atom is 0.0244 e. The van der Waals surface area contributed by atoms with Crippen LogP contribution >= 0.6 is 11.8 Å². The molecule has 1 heterocycles. The molecule has 1 saturated carbocycles. The molecular formula is C15H30N2S. The van der Waals surface area contributed by atoms with E-state index in [1.807, 2.05) is 11.8 Å². The number of thioether (sulfide) groups is 1. The molecule has 0 aromatic carbocycles. The lowest BCUT2D eigenvalue weighted by Gasteiger charge is -2.43. The minimum atomic E-state index is 0.744. The Morgan fingerprint density at radius 1 is 1.28 bits per heavy atom. The Kier molecular flexibility index (Phi) is 5.40. The van der Waals surface area contributed by atoms with E-state index >= 15 is 0 Å². The molecule has 1 aliphatic carbocycles. The summed E-state index contributed by atoms with van der Waals surface area (Å²) in [6.07, 6.45) is 6.48. The zero-order valence-corrected chi connectivity index (χ0v) is 13.3. The molecule has 0 amide bonds. The fourth-order valence-corrected chi connectivity index (χ4v) is 3.39. The molecule has 0 radical (unpaired) electrons. The van der Waals surface area contributed by atoms with Gasteiger partial charge in [0, 0.05) is 30.4 Å². The fraction of sp³-hybridized carbons (Fsp3) is 1.00. The van der Waals surface area contributed by atoms with E-state index < -0.39 is 0 Å². The molecule has 2 nitrogen and oxygen atoms in total. The second-order valence-electron chi connectivity index (χ2n) is 6.49. The Morgan fingerprint density at radius 2 is 2.00 bits per heavy atom. The highest BCUT2D eigenvalue weighted by atomic mass is 32.2. The van der Waals surface area contributed by atoms with Crippen molar-refractivity contribution in [2.24, 2.45) is 11.8 Å². The summed E-state index contributed by atoms with van der Waals surface area (Å²) in [4.78, 5) is 2.77. The van der Waals surface area contributed by atoms with Crippen LogP contribution in [0.4, 0.5) is 0 Å². The van der Waals surface area contributed by atoms with Gasteiger partial charge in [0.05, 0.1) is 0 Å². The van der Waals surface area contributed by atoms with Gasteiger partial charge in [0.15, 0.2) is 0 Å². The number of nitrogens with zero attached hydrogens (tertiary/aromatic N) is 1. The average molecular weight is 270 g/mol. The predicted molar refractivity (Wildman–Crippen MR) is 82.3 cm³/mol. The van der Waals surface area contributed by atoms with Crippen molar-refractivity contribution in [1.29, 1.82) is 0 Å². The first-order valence-corrected chi connectivity index (χ1v) is 8.90. The number of hydrogen-bond acceptors (Lipinski definition) is 3. The molecule has 0 spiro atoms. The van der Waals surface area contributed by atoms with Gasteiger partial charge >= 0.3 is 0 Å². The molecule has 1 aliphatic heterocycles. The summed E-state index contributed by atoms with van der Waals surface area (Å²) >= 11 is 2.00. The molecule has 2 rings (SSSR count). The van der Waals surface area contributed by atoms with Gasteiger partial charge in [-0.1, -0.05) is 20.8 Å². The molecule has 0 aromatic rings. The molecule has 2 aliphatic rings. The summed E-state index contributed by atoms with van der Waals surface area (Å²) in [5.74, 6) is 1.75. The van der Waals surface area contributed by atoms with E-state index in [2.05, 4.69) is 37.2 Å². The second kappa shape index (κ2) is 6.62. The Morgan fingerprint density at radius 3 is 2.56 bits per heavy atom. The summed E-state index contributed by atoms with van der Waals surface area (Å²) in [7, 11) is 0. The molecule has 106 valence electrons. The van der Waals surface area contributed by atoms with Gasteiger partial charge in [-0.3, -0.25) is 4.90 Å². The SMILES string of the molecule is CSC(C)CCN1CC(C2CC2)NCC1C(C)C. The molecule has 0 bridgehead atoms. The van der Waals surface area contributed by atoms with Gasteiger partial charge in [-0.25, -0.2) is 0 Å².